The van der Waals surface area contributed by atoms with Crippen molar-refractivity contribution in [2.45, 2.75) is 30.8 Å². The summed E-state index contributed by atoms with van der Waals surface area (Å²) in [6.45, 7) is 2.01. The number of carbonyl (C=O) groups is 1. The van der Waals surface area contributed by atoms with Crippen LogP contribution in [-0.4, -0.2) is 61.5 Å². The molecule has 1 saturated carbocycles. The molecule has 1 aliphatic rings. The molecule has 0 aromatic carbocycles. The minimum absolute atomic E-state index is 0.365. The van der Waals surface area contributed by atoms with Gasteiger partial charge in [0.1, 0.15) is 0 Å². The molecule has 16 heavy (non-hydrogen) atoms. The molecule has 0 saturated heterocycles. The topological polar surface area (TPSA) is 75.6 Å². The molecule has 1 amide bonds. The predicted octanol–water partition coefficient (Wildman–Crippen LogP) is -0.785. The number of carbonyl (C=O) groups excluding carboxylic acids is 1. The van der Waals surface area contributed by atoms with Crippen molar-refractivity contribution in [3.63, 3.8) is 0 Å². The highest BCUT2D eigenvalue weighted by molar-refractivity contribution is 5.84. The zero-order valence-electron chi connectivity index (χ0n) is 10.6. The lowest BCUT2D eigenvalue weighted by atomic mass is 9.98. The first kappa shape index (κ1) is 13.4. The number of nitrogens with two attached hydrogens (primary N) is 2. The summed E-state index contributed by atoms with van der Waals surface area (Å²) in [5.41, 5.74) is 10.5. The Morgan fingerprint density at radius 1 is 1.38 bits per heavy atom. The summed E-state index contributed by atoms with van der Waals surface area (Å²) in [6.07, 6.45) is 2.36. The van der Waals surface area contributed by atoms with E-state index in [1.807, 2.05) is 0 Å². The van der Waals surface area contributed by atoms with Crippen LogP contribution in [0.2, 0.25) is 0 Å². The maximum absolute atomic E-state index is 11.2. The van der Waals surface area contributed by atoms with Crippen molar-refractivity contribution < 1.29 is 4.79 Å². The number of hydrogen-bond acceptors (Lipinski definition) is 4. The van der Waals surface area contributed by atoms with E-state index in [0.29, 0.717) is 18.9 Å². The molecule has 1 aliphatic carbocycles. The third kappa shape index (κ3) is 3.17. The fourth-order valence-electron chi connectivity index (χ4n) is 2.19. The number of rotatable bonds is 5. The van der Waals surface area contributed by atoms with Gasteiger partial charge in [-0.2, -0.15) is 0 Å². The Hall–Kier alpha value is -0.650. The first-order valence-corrected chi connectivity index (χ1v) is 5.79. The number of hydrogen-bond donors (Lipinski definition) is 2. The summed E-state index contributed by atoms with van der Waals surface area (Å²) in [5, 5.41) is 0. The average molecular weight is 228 g/mol. The third-order valence-electron chi connectivity index (χ3n) is 3.54. The normalized spacial score (nSPS) is 30.2. The fourth-order valence-corrected chi connectivity index (χ4v) is 2.19. The summed E-state index contributed by atoms with van der Waals surface area (Å²) in [6, 6.07) is 0.387. The highest BCUT2D eigenvalue weighted by atomic mass is 16.1. The molecule has 0 aromatic rings. The first-order valence-electron chi connectivity index (χ1n) is 5.79. The Balaban J connectivity index is 2.43. The largest absolute Gasteiger partial charge is 0.368 e. The second-order valence-corrected chi connectivity index (χ2v) is 5.20. The van der Waals surface area contributed by atoms with Crippen LogP contribution in [0.1, 0.15) is 19.3 Å². The highest BCUT2D eigenvalue weighted by Gasteiger charge is 2.41. The van der Waals surface area contributed by atoms with Gasteiger partial charge in [-0.3, -0.25) is 4.79 Å². The molecule has 2 unspecified atom stereocenters. The van der Waals surface area contributed by atoms with E-state index in [1.165, 1.54) is 0 Å². The second-order valence-electron chi connectivity index (χ2n) is 5.20. The molecule has 0 heterocycles. The van der Waals surface area contributed by atoms with Crippen molar-refractivity contribution in [2.24, 2.45) is 11.5 Å². The molecular formula is C11H24N4O. The zero-order chi connectivity index (χ0) is 12.3. The molecule has 0 bridgehead atoms. The number of likely N-dealkylation sites (N-methyl/N-ethyl adjacent to an activating group) is 2. The standard InChI is InChI=1S/C11H24N4O/c1-14(2)6-7-15(3)9-4-5-11(13,8-9)10(12)16/h9H,4-8,13H2,1-3H3,(H2,12,16). The van der Waals surface area contributed by atoms with Gasteiger partial charge in [0, 0.05) is 19.1 Å². The summed E-state index contributed by atoms with van der Waals surface area (Å²) in [5.74, 6) is -0.365. The van der Waals surface area contributed by atoms with Crippen LogP contribution in [0.25, 0.3) is 0 Å². The van der Waals surface area contributed by atoms with E-state index in [9.17, 15) is 4.79 Å². The van der Waals surface area contributed by atoms with Gasteiger partial charge in [-0.1, -0.05) is 0 Å². The van der Waals surface area contributed by atoms with E-state index in [-0.39, 0.29) is 5.91 Å². The van der Waals surface area contributed by atoms with Crippen LogP contribution < -0.4 is 11.5 Å². The van der Waals surface area contributed by atoms with Gasteiger partial charge < -0.3 is 21.3 Å². The molecule has 0 radical (unpaired) electrons. The summed E-state index contributed by atoms with van der Waals surface area (Å²) in [4.78, 5) is 15.7. The van der Waals surface area contributed by atoms with Gasteiger partial charge in [-0.15, -0.1) is 0 Å². The lowest BCUT2D eigenvalue weighted by Crippen LogP contribution is -2.51. The van der Waals surface area contributed by atoms with Gasteiger partial charge in [0.2, 0.25) is 5.91 Å². The zero-order valence-corrected chi connectivity index (χ0v) is 10.6. The number of primary amides is 1. The molecule has 1 rings (SSSR count). The van der Waals surface area contributed by atoms with Crippen molar-refractivity contribution in [1.82, 2.24) is 9.80 Å². The van der Waals surface area contributed by atoms with Gasteiger partial charge in [0.05, 0.1) is 5.54 Å². The predicted molar refractivity (Wildman–Crippen MR) is 64.9 cm³/mol. The highest BCUT2D eigenvalue weighted by Crippen LogP contribution is 2.30. The number of amides is 1. The van der Waals surface area contributed by atoms with E-state index < -0.39 is 5.54 Å². The summed E-state index contributed by atoms with van der Waals surface area (Å²) in [7, 11) is 6.19. The SMILES string of the molecule is CN(C)CCN(C)C1CCC(N)(C(N)=O)C1. The molecule has 4 N–H and O–H groups in total. The molecule has 0 aliphatic heterocycles. The molecule has 5 nitrogen and oxygen atoms in total. The maximum atomic E-state index is 11.2. The minimum Gasteiger partial charge on any atom is -0.368 e. The second kappa shape index (κ2) is 5.12. The number of nitrogens with zero attached hydrogens (tertiary/aromatic N) is 2. The molecule has 0 aromatic heterocycles. The van der Waals surface area contributed by atoms with Gasteiger partial charge in [-0.05, 0) is 40.4 Å². The molecule has 5 heteroatoms. The lowest BCUT2D eigenvalue weighted by Gasteiger charge is -2.27. The van der Waals surface area contributed by atoms with E-state index in [0.717, 1.165) is 19.5 Å². The van der Waals surface area contributed by atoms with E-state index in [1.54, 1.807) is 0 Å². The van der Waals surface area contributed by atoms with Crippen molar-refractivity contribution in [3.8, 4) is 0 Å². The van der Waals surface area contributed by atoms with Crippen molar-refractivity contribution in [1.29, 1.82) is 0 Å². The molecule has 1 fully saturated rings. The average Bonchev–Trinajstić information content (AvgIpc) is 2.59. The Morgan fingerprint density at radius 3 is 2.44 bits per heavy atom. The van der Waals surface area contributed by atoms with E-state index >= 15 is 0 Å². The fraction of sp³-hybridized carbons (Fsp3) is 0.909. The van der Waals surface area contributed by atoms with Gasteiger partial charge >= 0.3 is 0 Å². The Labute approximate surface area is 97.7 Å². The first-order chi connectivity index (χ1) is 7.35. The van der Waals surface area contributed by atoms with Crippen LogP contribution in [0.4, 0.5) is 0 Å². The van der Waals surface area contributed by atoms with Crippen LogP contribution >= 0.6 is 0 Å². The van der Waals surface area contributed by atoms with Crippen molar-refractivity contribution in [3.05, 3.63) is 0 Å². The van der Waals surface area contributed by atoms with Crippen LogP contribution in [0, 0.1) is 0 Å². The minimum atomic E-state index is -0.781. The van der Waals surface area contributed by atoms with Crippen LogP contribution in [0.5, 0.6) is 0 Å². The quantitative estimate of drug-likeness (QED) is 0.647. The third-order valence-corrected chi connectivity index (χ3v) is 3.54. The Morgan fingerprint density at radius 2 is 2.00 bits per heavy atom. The van der Waals surface area contributed by atoms with Crippen LogP contribution in [0.3, 0.4) is 0 Å². The molecule has 0 spiro atoms. The maximum Gasteiger partial charge on any atom is 0.237 e. The molecule has 2 atom stereocenters. The Bertz CT molecular complexity index is 256. The molecular weight excluding hydrogens is 204 g/mol. The van der Waals surface area contributed by atoms with Crippen molar-refractivity contribution in [2.75, 3.05) is 34.2 Å². The van der Waals surface area contributed by atoms with E-state index in [2.05, 4.69) is 30.9 Å². The Kier molecular flexibility index (Phi) is 4.29. The monoisotopic (exact) mass is 228 g/mol. The van der Waals surface area contributed by atoms with Crippen LogP contribution in [0.15, 0.2) is 0 Å². The van der Waals surface area contributed by atoms with Gasteiger partial charge in [-0.25, -0.2) is 0 Å². The van der Waals surface area contributed by atoms with Crippen molar-refractivity contribution >= 4 is 5.91 Å². The van der Waals surface area contributed by atoms with E-state index in [4.69, 9.17) is 11.5 Å². The lowest BCUT2D eigenvalue weighted by molar-refractivity contribution is -0.123. The summed E-state index contributed by atoms with van der Waals surface area (Å²) >= 11 is 0. The smallest absolute Gasteiger partial charge is 0.237 e. The summed E-state index contributed by atoms with van der Waals surface area (Å²) < 4.78 is 0. The molecule has 94 valence electrons. The van der Waals surface area contributed by atoms with Crippen LogP contribution in [-0.2, 0) is 4.79 Å². The van der Waals surface area contributed by atoms with Gasteiger partial charge in [0.15, 0.2) is 0 Å². The van der Waals surface area contributed by atoms with Gasteiger partial charge in [0.25, 0.3) is 0 Å².